The first-order valence-corrected chi connectivity index (χ1v) is 7.52. The summed E-state index contributed by atoms with van der Waals surface area (Å²) in [5.41, 5.74) is 5.02. The number of aryl methyl sites for hydroxylation is 2. The van der Waals surface area contributed by atoms with Gasteiger partial charge in [-0.2, -0.15) is 0 Å². The number of ketones is 1. The molecule has 1 aromatic rings. The van der Waals surface area contributed by atoms with Gasteiger partial charge in [0, 0.05) is 23.4 Å². The van der Waals surface area contributed by atoms with Gasteiger partial charge in [0.05, 0.1) is 0 Å². The van der Waals surface area contributed by atoms with Crippen molar-refractivity contribution in [2.24, 2.45) is 11.3 Å². The molecule has 2 heteroatoms. The van der Waals surface area contributed by atoms with Gasteiger partial charge in [0.25, 0.3) is 0 Å². The molecule has 0 radical (unpaired) electrons. The molecule has 0 amide bonds. The monoisotopic (exact) mass is 275 g/mol. The molecule has 0 spiro atoms. The van der Waals surface area contributed by atoms with Crippen LogP contribution in [-0.2, 0) is 0 Å². The summed E-state index contributed by atoms with van der Waals surface area (Å²) < 4.78 is 0. The van der Waals surface area contributed by atoms with E-state index >= 15 is 0 Å². The van der Waals surface area contributed by atoms with Crippen molar-refractivity contribution in [1.29, 1.82) is 0 Å². The molecule has 0 aliphatic rings. The number of carbonyl (C=O) groups is 1. The molecule has 0 saturated heterocycles. The minimum absolute atomic E-state index is 0.0446. The summed E-state index contributed by atoms with van der Waals surface area (Å²) in [6.07, 6.45) is 1.66. The maximum atomic E-state index is 12.7. The second-order valence-corrected chi connectivity index (χ2v) is 7.27. The fourth-order valence-electron chi connectivity index (χ4n) is 3.23. The van der Waals surface area contributed by atoms with Crippen molar-refractivity contribution in [2.45, 2.75) is 68.2 Å². The highest BCUT2D eigenvalue weighted by Gasteiger charge is 2.26. The maximum Gasteiger partial charge on any atom is 0.165 e. The summed E-state index contributed by atoms with van der Waals surface area (Å²) in [5, 5.41) is 0. The van der Waals surface area contributed by atoms with E-state index in [2.05, 4.69) is 32.7 Å². The average molecular weight is 275 g/mol. The van der Waals surface area contributed by atoms with E-state index in [4.69, 9.17) is 0 Å². The predicted octanol–water partition coefficient (Wildman–Crippen LogP) is 4.96. The summed E-state index contributed by atoms with van der Waals surface area (Å²) in [6, 6.07) is 0. The first-order valence-electron chi connectivity index (χ1n) is 7.52. The van der Waals surface area contributed by atoms with Crippen molar-refractivity contribution < 1.29 is 4.79 Å². The fourth-order valence-corrected chi connectivity index (χ4v) is 3.23. The standard InChI is InChI=1S/C18H29NO/c1-11(2)9-18(7,8)10-16(20)17-13(4)12(3)14(5)19-15(17)6/h11H,9-10H2,1-8H3. The van der Waals surface area contributed by atoms with Gasteiger partial charge in [0.1, 0.15) is 0 Å². The molecule has 0 aliphatic heterocycles. The van der Waals surface area contributed by atoms with Crippen LogP contribution < -0.4 is 0 Å². The summed E-state index contributed by atoms with van der Waals surface area (Å²) >= 11 is 0. The van der Waals surface area contributed by atoms with Crippen LogP contribution in [0, 0.1) is 39.0 Å². The molecular weight excluding hydrogens is 246 g/mol. The Morgan fingerprint density at radius 3 is 2.10 bits per heavy atom. The molecule has 0 atom stereocenters. The largest absolute Gasteiger partial charge is 0.294 e. The van der Waals surface area contributed by atoms with Crippen LogP contribution in [0.4, 0.5) is 0 Å². The van der Waals surface area contributed by atoms with E-state index < -0.39 is 0 Å². The number of Topliss-reactive ketones (excluding diaryl/α,β-unsaturated/α-hetero) is 1. The Kier molecular flexibility index (Phi) is 5.12. The molecule has 20 heavy (non-hydrogen) atoms. The number of carbonyl (C=O) groups excluding carboxylic acids is 1. The molecule has 0 aliphatic carbocycles. The lowest BCUT2D eigenvalue weighted by atomic mass is 9.78. The minimum Gasteiger partial charge on any atom is -0.294 e. The van der Waals surface area contributed by atoms with Crippen LogP contribution in [0.25, 0.3) is 0 Å². The van der Waals surface area contributed by atoms with Crippen molar-refractivity contribution in [3.63, 3.8) is 0 Å². The molecule has 2 nitrogen and oxygen atoms in total. The van der Waals surface area contributed by atoms with E-state index in [1.807, 2.05) is 27.7 Å². The summed E-state index contributed by atoms with van der Waals surface area (Å²) in [7, 11) is 0. The van der Waals surface area contributed by atoms with Gasteiger partial charge in [-0.3, -0.25) is 9.78 Å². The normalized spacial score (nSPS) is 12.1. The minimum atomic E-state index is 0.0446. The molecule has 0 bridgehead atoms. The topological polar surface area (TPSA) is 30.0 Å². The number of rotatable bonds is 5. The second-order valence-electron chi connectivity index (χ2n) is 7.27. The van der Waals surface area contributed by atoms with Gasteiger partial charge < -0.3 is 0 Å². The van der Waals surface area contributed by atoms with E-state index in [1.54, 1.807) is 0 Å². The molecule has 1 aromatic heterocycles. The van der Waals surface area contributed by atoms with Crippen LogP contribution in [0.1, 0.15) is 73.4 Å². The van der Waals surface area contributed by atoms with E-state index in [0.29, 0.717) is 12.3 Å². The van der Waals surface area contributed by atoms with Gasteiger partial charge in [0.2, 0.25) is 0 Å². The van der Waals surface area contributed by atoms with Crippen molar-refractivity contribution in [1.82, 2.24) is 4.98 Å². The highest BCUT2D eigenvalue weighted by Crippen LogP contribution is 2.32. The Hall–Kier alpha value is -1.18. The first-order chi connectivity index (χ1) is 9.05. The zero-order chi connectivity index (χ0) is 15.7. The number of pyridine rings is 1. The summed E-state index contributed by atoms with van der Waals surface area (Å²) in [5.74, 6) is 0.846. The molecule has 0 aromatic carbocycles. The van der Waals surface area contributed by atoms with E-state index in [-0.39, 0.29) is 11.2 Å². The Balaban J connectivity index is 3.08. The Bertz CT molecular complexity index is 513. The van der Waals surface area contributed by atoms with Crippen molar-refractivity contribution >= 4 is 5.78 Å². The predicted molar refractivity (Wildman–Crippen MR) is 85.4 cm³/mol. The summed E-state index contributed by atoms with van der Waals surface area (Å²) in [6.45, 7) is 16.8. The number of hydrogen-bond donors (Lipinski definition) is 0. The number of nitrogens with zero attached hydrogens (tertiary/aromatic N) is 1. The molecule has 1 heterocycles. The highest BCUT2D eigenvalue weighted by molar-refractivity contribution is 5.99. The van der Waals surface area contributed by atoms with Crippen molar-refractivity contribution in [2.75, 3.05) is 0 Å². The van der Waals surface area contributed by atoms with Gasteiger partial charge in [-0.05, 0) is 56.6 Å². The molecule has 0 fully saturated rings. The third-order valence-electron chi connectivity index (χ3n) is 4.06. The van der Waals surface area contributed by atoms with Gasteiger partial charge >= 0.3 is 0 Å². The quantitative estimate of drug-likeness (QED) is 0.711. The van der Waals surface area contributed by atoms with Crippen LogP contribution in [0.3, 0.4) is 0 Å². The molecule has 1 rings (SSSR count). The Labute approximate surface area is 124 Å². The number of aromatic nitrogens is 1. The smallest absolute Gasteiger partial charge is 0.165 e. The third kappa shape index (κ3) is 3.91. The van der Waals surface area contributed by atoms with Gasteiger partial charge in [-0.15, -0.1) is 0 Å². The Morgan fingerprint density at radius 1 is 1.05 bits per heavy atom. The number of hydrogen-bond acceptors (Lipinski definition) is 2. The SMILES string of the molecule is Cc1nc(C)c(C(=O)CC(C)(C)CC(C)C)c(C)c1C. The lowest BCUT2D eigenvalue weighted by Gasteiger charge is -2.26. The van der Waals surface area contributed by atoms with Crippen LogP contribution in [0.15, 0.2) is 0 Å². The van der Waals surface area contributed by atoms with Crippen LogP contribution >= 0.6 is 0 Å². The molecule has 0 N–H and O–H groups in total. The molecule has 0 saturated carbocycles. The van der Waals surface area contributed by atoms with E-state index in [0.717, 1.165) is 34.5 Å². The van der Waals surface area contributed by atoms with E-state index in [9.17, 15) is 4.79 Å². The highest BCUT2D eigenvalue weighted by atomic mass is 16.1. The summed E-state index contributed by atoms with van der Waals surface area (Å²) in [4.78, 5) is 17.2. The molecule has 0 unspecified atom stereocenters. The lowest BCUT2D eigenvalue weighted by Crippen LogP contribution is -2.21. The van der Waals surface area contributed by atoms with Gasteiger partial charge in [0.15, 0.2) is 5.78 Å². The third-order valence-corrected chi connectivity index (χ3v) is 4.06. The van der Waals surface area contributed by atoms with Crippen LogP contribution in [0.2, 0.25) is 0 Å². The zero-order valence-corrected chi connectivity index (χ0v) is 14.3. The van der Waals surface area contributed by atoms with Gasteiger partial charge in [-0.1, -0.05) is 27.7 Å². The Morgan fingerprint density at radius 2 is 1.60 bits per heavy atom. The van der Waals surface area contributed by atoms with Crippen molar-refractivity contribution in [3.8, 4) is 0 Å². The van der Waals surface area contributed by atoms with Crippen LogP contribution in [-0.4, -0.2) is 10.8 Å². The average Bonchev–Trinajstić information content (AvgIpc) is 2.23. The first kappa shape index (κ1) is 16.9. The molecular formula is C18H29NO. The fraction of sp³-hybridized carbons (Fsp3) is 0.667. The zero-order valence-electron chi connectivity index (χ0n) is 14.3. The molecule has 112 valence electrons. The second kappa shape index (κ2) is 6.07. The van der Waals surface area contributed by atoms with Crippen LogP contribution in [0.5, 0.6) is 0 Å². The lowest BCUT2D eigenvalue weighted by molar-refractivity contribution is 0.0916. The maximum absolute atomic E-state index is 12.7. The van der Waals surface area contributed by atoms with Gasteiger partial charge in [-0.25, -0.2) is 0 Å². The van der Waals surface area contributed by atoms with E-state index in [1.165, 1.54) is 0 Å². The van der Waals surface area contributed by atoms with Crippen molar-refractivity contribution in [3.05, 3.63) is 28.1 Å².